The Bertz CT molecular complexity index is 364. The summed E-state index contributed by atoms with van der Waals surface area (Å²) in [6.07, 6.45) is 7.10. The molecule has 1 atom stereocenters. The lowest BCUT2D eigenvalue weighted by atomic mass is 10.2. The van der Waals surface area contributed by atoms with Gasteiger partial charge in [0.05, 0.1) is 24.5 Å². The van der Waals surface area contributed by atoms with E-state index in [0.717, 1.165) is 18.5 Å². The van der Waals surface area contributed by atoms with Crippen LogP contribution in [0.1, 0.15) is 31.5 Å². The Balaban J connectivity index is 2.17. The van der Waals surface area contributed by atoms with Gasteiger partial charge in [0, 0.05) is 18.4 Å². The number of nitrogens with two attached hydrogens (primary N) is 1. The van der Waals surface area contributed by atoms with Crippen LogP contribution in [-0.2, 0) is 4.79 Å². The van der Waals surface area contributed by atoms with Crippen LogP contribution in [0.25, 0.3) is 0 Å². The van der Waals surface area contributed by atoms with E-state index in [4.69, 9.17) is 5.73 Å². The minimum atomic E-state index is -0.0442. The molecule has 1 heterocycles. The van der Waals surface area contributed by atoms with E-state index in [-0.39, 0.29) is 18.5 Å². The van der Waals surface area contributed by atoms with Crippen LogP contribution in [0.15, 0.2) is 18.6 Å². The van der Waals surface area contributed by atoms with Crippen molar-refractivity contribution in [2.24, 2.45) is 5.73 Å². The normalized spacial score (nSPS) is 16.9. The Hall–Kier alpha value is -1.49. The Labute approximate surface area is 94.7 Å². The first-order valence-corrected chi connectivity index (χ1v) is 5.51. The van der Waals surface area contributed by atoms with Crippen molar-refractivity contribution < 1.29 is 4.79 Å². The van der Waals surface area contributed by atoms with Crippen molar-refractivity contribution in [2.45, 2.75) is 31.8 Å². The number of carbonyl (C=O) groups excluding carboxylic acids is 1. The lowest BCUT2D eigenvalue weighted by molar-refractivity contribution is -0.132. The highest BCUT2D eigenvalue weighted by Gasteiger charge is 2.35. The Morgan fingerprint density at radius 3 is 2.88 bits per heavy atom. The first-order chi connectivity index (χ1) is 7.74. The molecule has 0 saturated heterocycles. The molecule has 0 aromatic carbocycles. The number of carbonyl (C=O) groups is 1. The van der Waals surface area contributed by atoms with Crippen molar-refractivity contribution >= 4 is 5.91 Å². The number of nitrogens with zero attached hydrogens (tertiary/aromatic N) is 3. The summed E-state index contributed by atoms with van der Waals surface area (Å²) >= 11 is 0. The highest BCUT2D eigenvalue weighted by Crippen LogP contribution is 2.33. The van der Waals surface area contributed by atoms with E-state index in [9.17, 15) is 4.79 Å². The molecule has 16 heavy (non-hydrogen) atoms. The fourth-order valence-electron chi connectivity index (χ4n) is 1.86. The van der Waals surface area contributed by atoms with Crippen LogP contribution in [0.3, 0.4) is 0 Å². The van der Waals surface area contributed by atoms with Crippen molar-refractivity contribution in [1.29, 1.82) is 0 Å². The van der Waals surface area contributed by atoms with Crippen molar-refractivity contribution in [2.75, 3.05) is 6.54 Å². The minimum Gasteiger partial charge on any atom is -0.330 e. The van der Waals surface area contributed by atoms with Gasteiger partial charge in [-0.15, -0.1) is 0 Å². The molecular weight excluding hydrogens is 204 g/mol. The molecule has 0 bridgehead atoms. The van der Waals surface area contributed by atoms with E-state index in [0.29, 0.717) is 6.04 Å². The maximum atomic E-state index is 11.8. The summed E-state index contributed by atoms with van der Waals surface area (Å²) in [6.45, 7) is 2.02. The molecule has 86 valence electrons. The fourth-order valence-corrected chi connectivity index (χ4v) is 1.86. The quantitative estimate of drug-likeness (QED) is 0.801. The third-order valence-electron chi connectivity index (χ3n) is 2.83. The number of amides is 1. The molecule has 0 unspecified atom stereocenters. The second-order valence-electron chi connectivity index (χ2n) is 4.04. The molecule has 1 aliphatic carbocycles. The molecule has 2 N–H and O–H groups in total. The maximum absolute atomic E-state index is 11.8. The zero-order valence-electron chi connectivity index (χ0n) is 9.34. The molecular formula is C11H16N4O. The predicted molar refractivity (Wildman–Crippen MR) is 59.4 cm³/mol. The van der Waals surface area contributed by atoms with Gasteiger partial charge in [0.2, 0.25) is 5.91 Å². The lowest BCUT2D eigenvalue weighted by Gasteiger charge is -2.28. The summed E-state index contributed by atoms with van der Waals surface area (Å²) in [5, 5.41) is 0. The summed E-state index contributed by atoms with van der Waals surface area (Å²) < 4.78 is 0. The number of aromatic nitrogens is 2. The average molecular weight is 220 g/mol. The molecule has 5 nitrogen and oxygen atoms in total. The summed E-state index contributed by atoms with van der Waals surface area (Å²) in [7, 11) is 0. The van der Waals surface area contributed by atoms with Crippen molar-refractivity contribution in [3.05, 3.63) is 24.3 Å². The molecule has 1 aromatic rings. The van der Waals surface area contributed by atoms with E-state index in [2.05, 4.69) is 9.97 Å². The second-order valence-corrected chi connectivity index (χ2v) is 4.04. The monoisotopic (exact) mass is 220 g/mol. The van der Waals surface area contributed by atoms with Gasteiger partial charge >= 0.3 is 0 Å². The number of hydrogen-bond donors (Lipinski definition) is 1. The summed E-state index contributed by atoms with van der Waals surface area (Å²) in [5.41, 5.74) is 6.24. The zero-order valence-corrected chi connectivity index (χ0v) is 9.34. The largest absolute Gasteiger partial charge is 0.330 e. The van der Waals surface area contributed by atoms with E-state index in [1.165, 1.54) is 0 Å². The smallest absolute Gasteiger partial charge is 0.237 e. The van der Waals surface area contributed by atoms with Crippen molar-refractivity contribution in [3.63, 3.8) is 0 Å². The third kappa shape index (κ3) is 2.19. The van der Waals surface area contributed by atoms with E-state index in [1.54, 1.807) is 18.6 Å². The molecule has 0 aliphatic heterocycles. The molecule has 1 fully saturated rings. The Morgan fingerprint density at radius 1 is 1.62 bits per heavy atom. The molecule has 1 saturated carbocycles. The van der Waals surface area contributed by atoms with Crippen LogP contribution in [0, 0.1) is 0 Å². The van der Waals surface area contributed by atoms with Crippen LogP contribution < -0.4 is 5.73 Å². The van der Waals surface area contributed by atoms with Gasteiger partial charge in [-0.3, -0.25) is 14.8 Å². The number of hydrogen-bond acceptors (Lipinski definition) is 4. The highest BCUT2D eigenvalue weighted by atomic mass is 16.2. The van der Waals surface area contributed by atoms with Crippen molar-refractivity contribution in [1.82, 2.24) is 14.9 Å². The standard InChI is InChI=1S/C11H16N4O/c1-8(10-7-13-4-5-14-10)15(9-2-3-9)11(16)6-12/h4-5,7-9H,2-3,6,12H2,1H3/t8-/m1/s1. The second kappa shape index (κ2) is 4.57. The zero-order chi connectivity index (χ0) is 11.5. The molecule has 2 rings (SSSR count). The van der Waals surface area contributed by atoms with E-state index < -0.39 is 0 Å². The SMILES string of the molecule is C[C@H](c1cnccn1)N(C(=O)CN)C1CC1. The average Bonchev–Trinajstić information content (AvgIpc) is 3.14. The highest BCUT2D eigenvalue weighted by molar-refractivity contribution is 5.79. The van der Waals surface area contributed by atoms with Crippen LogP contribution in [0.4, 0.5) is 0 Å². The van der Waals surface area contributed by atoms with Gasteiger partial charge in [-0.05, 0) is 19.8 Å². The molecule has 0 spiro atoms. The Morgan fingerprint density at radius 2 is 2.38 bits per heavy atom. The topological polar surface area (TPSA) is 72.1 Å². The fraction of sp³-hybridized carbons (Fsp3) is 0.545. The summed E-state index contributed by atoms with van der Waals surface area (Å²) in [6, 6.07) is 0.297. The van der Waals surface area contributed by atoms with Crippen molar-refractivity contribution in [3.8, 4) is 0 Å². The first-order valence-electron chi connectivity index (χ1n) is 5.51. The van der Waals surface area contributed by atoms with Gasteiger partial charge < -0.3 is 10.6 Å². The van der Waals surface area contributed by atoms with Gasteiger partial charge in [-0.2, -0.15) is 0 Å². The third-order valence-corrected chi connectivity index (χ3v) is 2.83. The summed E-state index contributed by atoms with van der Waals surface area (Å²) in [4.78, 5) is 21.8. The number of rotatable bonds is 4. The van der Waals surface area contributed by atoms with Crippen LogP contribution in [0.5, 0.6) is 0 Å². The van der Waals surface area contributed by atoms with Crippen LogP contribution in [0.2, 0.25) is 0 Å². The Kier molecular flexibility index (Phi) is 3.14. The lowest BCUT2D eigenvalue weighted by Crippen LogP contribution is -2.39. The van der Waals surface area contributed by atoms with Gasteiger partial charge in [0.1, 0.15) is 0 Å². The van der Waals surface area contributed by atoms with Crippen LogP contribution >= 0.6 is 0 Å². The summed E-state index contributed by atoms with van der Waals surface area (Å²) in [5.74, 6) is -0.0133. The first kappa shape index (κ1) is 11.0. The van der Waals surface area contributed by atoms with Gasteiger partial charge in [-0.1, -0.05) is 0 Å². The predicted octanol–water partition coefficient (Wildman–Crippen LogP) is 0.487. The van der Waals surface area contributed by atoms with Crippen LogP contribution in [-0.4, -0.2) is 33.4 Å². The van der Waals surface area contributed by atoms with E-state index >= 15 is 0 Å². The van der Waals surface area contributed by atoms with Gasteiger partial charge in [0.25, 0.3) is 0 Å². The molecule has 1 aromatic heterocycles. The maximum Gasteiger partial charge on any atom is 0.237 e. The molecule has 1 amide bonds. The molecule has 0 radical (unpaired) electrons. The minimum absolute atomic E-state index is 0.0133. The molecule has 1 aliphatic rings. The van der Waals surface area contributed by atoms with Gasteiger partial charge in [0.15, 0.2) is 0 Å². The molecule has 5 heteroatoms. The van der Waals surface area contributed by atoms with Gasteiger partial charge in [-0.25, -0.2) is 0 Å². The van der Waals surface area contributed by atoms with E-state index in [1.807, 2.05) is 11.8 Å².